The second-order valence-electron chi connectivity index (χ2n) is 6.38. The molecule has 1 atom stereocenters. The summed E-state index contributed by atoms with van der Waals surface area (Å²) >= 11 is 0. The fourth-order valence-electron chi connectivity index (χ4n) is 3.47. The van der Waals surface area contributed by atoms with Gasteiger partial charge in [-0.3, -0.25) is 4.98 Å². The topological polar surface area (TPSA) is 54.0 Å². The van der Waals surface area contributed by atoms with Gasteiger partial charge in [-0.25, -0.2) is 4.79 Å². The third kappa shape index (κ3) is 2.94. The van der Waals surface area contributed by atoms with E-state index in [4.69, 9.17) is 0 Å². The Morgan fingerprint density at radius 1 is 1.35 bits per heavy atom. The number of hydrogen-bond acceptors (Lipinski definition) is 2. The molecule has 0 radical (unpaired) electrons. The monoisotopic (exact) mass is 273 g/mol. The van der Waals surface area contributed by atoms with Crippen LogP contribution in [0.15, 0.2) is 18.5 Å². The molecule has 1 aromatic heterocycles. The van der Waals surface area contributed by atoms with Crippen LogP contribution in [-0.2, 0) is 6.54 Å². The van der Waals surface area contributed by atoms with Crippen LogP contribution in [0.25, 0.3) is 0 Å². The highest BCUT2D eigenvalue weighted by atomic mass is 16.2. The van der Waals surface area contributed by atoms with Crippen molar-refractivity contribution in [2.45, 2.75) is 58.0 Å². The van der Waals surface area contributed by atoms with Crippen LogP contribution < -0.4 is 10.6 Å². The minimum atomic E-state index is -0.0426. The molecule has 0 aliphatic heterocycles. The largest absolute Gasteiger partial charge is 0.335 e. The predicted octanol–water partition coefficient (Wildman–Crippen LogP) is 2.91. The Kier molecular flexibility index (Phi) is 3.64. The van der Waals surface area contributed by atoms with E-state index in [-0.39, 0.29) is 6.03 Å². The van der Waals surface area contributed by atoms with Crippen LogP contribution in [0.2, 0.25) is 0 Å². The van der Waals surface area contributed by atoms with Crippen LogP contribution in [0.1, 0.15) is 49.7 Å². The van der Waals surface area contributed by atoms with E-state index in [1.165, 1.54) is 38.5 Å². The first-order valence-electron chi connectivity index (χ1n) is 7.63. The van der Waals surface area contributed by atoms with Crippen LogP contribution in [0, 0.1) is 12.3 Å². The standard InChI is InChI=1S/C16H23N3O/c1-12-7-13(10-17-9-12)11-18-15(20)19-14-8-16(14)5-3-2-4-6-16/h7,9-10,14H,2-6,8,11H2,1H3,(H2,18,19,20). The number of carbonyl (C=O) groups is 1. The molecule has 0 bridgehead atoms. The van der Waals surface area contributed by atoms with Crippen LogP contribution in [-0.4, -0.2) is 17.1 Å². The molecule has 20 heavy (non-hydrogen) atoms. The van der Waals surface area contributed by atoms with E-state index in [2.05, 4.69) is 15.6 Å². The molecule has 0 saturated heterocycles. The number of rotatable bonds is 3. The predicted molar refractivity (Wildman–Crippen MR) is 78.3 cm³/mol. The van der Waals surface area contributed by atoms with Crippen molar-refractivity contribution in [3.05, 3.63) is 29.6 Å². The number of amides is 2. The zero-order chi connectivity index (χ0) is 14.0. The summed E-state index contributed by atoms with van der Waals surface area (Å²) < 4.78 is 0. The molecule has 2 N–H and O–H groups in total. The zero-order valence-electron chi connectivity index (χ0n) is 12.1. The molecule has 108 valence electrons. The molecule has 1 unspecified atom stereocenters. The summed E-state index contributed by atoms with van der Waals surface area (Å²) in [4.78, 5) is 16.1. The van der Waals surface area contributed by atoms with Gasteiger partial charge in [-0.05, 0) is 42.7 Å². The molecule has 0 aromatic carbocycles. The van der Waals surface area contributed by atoms with Crippen LogP contribution in [0.4, 0.5) is 4.79 Å². The first kappa shape index (κ1) is 13.4. The van der Waals surface area contributed by atoms with Crippen molar-refractivity contribution < 1.29 is 4.79 Å². The SMILES string of the molecule is Cc1cncc(CNC(=O)NC2CC23CCCCC3)c1. The van der Waals surface area contributed by atoms with E-state index in [1.807, 2.05) is 19.2 Å². The summed E-state index contributed by atoms with van der Waals surface area (Å²) in [6.07, 6.45) is 11.4. The van der Waals surface area contributed by atoms with Crippen molar-refractivity contribution in [2.75, 3.05) is 0 Å². The summed E-state index contributed by atoms with van der Waals surface area (Å²) in [6.45, 7) is 2.55. The number of nitrogens with one attached hydrogen (secondary N) is 2. The van der Waals surface area contributed by atoms with Gasteiger partial charge in [-0.1, -0.05) is 25.3 Å². The molecule has 2 aliphatic rings. The Bertz CT molecular complexity index is 494. The van der Waals surface area contributed by atoms with Gasteiger partial charge in [0.15, 0.2) is 0 Å². The summed E-state index contributed by atoms with van der Waals surface area (Å²) in [7, 11) is 0. The molecular weight excluding hydrogens is 250 g/mol. The van der Waals surface area contributed by atoms with Gasteiger partial charge in [0.25, 0.3) is 0 Å². The van der Waals surface area contributed by atoms with Gasteiger partial charge in [-0.2, -0.15) is 0 Å². The summed E-state index contributed by atoms with van der Waals surface area (Å²) in [5.41, 5.74) is 2.61. The highest BCUT2D eigenvalue weighted by molar-refractivity contribution is 5.74. The maximum atomic E-state index is 11.9. The normalized spacial score (nSPS) is 23.4. The molecule has 1 heterocycles. The van der Waals surface area contributed by atoms with Gasteiger partial charge in [-0.15, -0.1) is 0 Å². The maximum absolute atomic E-state index is 11.9. The molecule has 2 saturated carbocycles. The molecule has 2 amide bonds. The van der Waals surface area contributed by atoms with Crippen molar-refractivity contribution in [2.24, 2.45) is 5.41 Å². The van der Waals surface area contributed by atoms with Gasteiger partial charge in [0, 0.05) is 25.0 Å². The molecule has 1 aromatic rings. The number of carbonyl (C=O) groups excluding carboxylic acids is 1. The van der Waals surface area contributed by atoms with Crippen molar-refractivity contribution in [1.29, 1.82) is 0 Å². The minimum absolute atomic E-state index is 0.0426. The van der Waals surface area contributed by atoms with E-state index < -0.39 is 0 Å². The van der Waals surface area contributed by atoms with Crippen molar-refractivity contribution in [3.63, 3.8) is 0 Å². The van der Waals surface area contributed by atoms with Gasteiger partial charge in [0.05, 0.1) is 0 Å². The fraction of sp³-hybridized carbons (Fsp3) is 0.625. The Morgan fingerprint density at radius 2 is 2.15 bits per heavy atom. The highest BCUT2D eigenvalue weighted by Gasteiger charge is 2.54. The van der Waals surface area contributed by atoms with Crippen LogP contribution >= 0.6 is 0 Å². The highest BCUT2D eigenvalue weighted by Crippen LogP contribution is 2.56. The lowest BCUT2D eigenvalue weighted by Gasteiger charge is -2.22. The number of hydrogen-bond donors (Lipinski definition) is 2. The first-order valence-corrected chi connectivity index (χ1v) is 7.63. The third-order valence-corrected chi connectivity index (χ3v) is 4.73. The molecule has 2 aliphatic carbocycles. The van der Waals surface area contributed by atoms with Gasteiger partial charge in [0.1, 0.15) is 0 Å². The second-order valence-corrected chi connectivity index (χ2v) is 6.38. The molecule has 4 heteroatoms. The Hall–Kier alpha value is -1.58. The Labute approximate surface area is 120 Å². The van der Waals surface area contributed by atoms with Crippen LogP contribution in [0.3, 0.4) is 0 Å². The average molecular weight is 273 g/mol. The number of urea groups is 1. The lowest BCUT2D eigenvalue weighted by atomic mass is 9.86. The number of aromatic nitrogens is 1. The average Bonchev–Trinajstić information content (AvgIpc) is 3.09. The van der Waals surface area contributed by atoms with Crippen LogP contribution in [0.5, 0.6) is 0 Å². The maximum Gasteiger partial charge on any atom is 0.315 e. The quantitative estimate of drug-likeness (QED) is 0.889. The summed E-state index contributed by atoms with van der Waals surface area (Å²) in [5.74, 6) is 0. The lowest BCUT2D eigenvalue weighted by Crippen LogP contribution is -2.38. The molecule has 3 rings (SSSR count). The minimum Gasteiger partial charge on any atom is -0.335 e. The van der Waals surface area contributed by atoms with E-state index in [0.29, 0.717) is 18.0 Å². The first-order chi connectivity index (χ1) is 9.68. The zero-order valence-corrected chi connectivity index (χ0v) is 12.1. The van der Waals surface area contributed by atoms with Gasteiger partial charge < -0.3 is 10.6 Å². The molecule has 1 spiro atoms. The van der Waals surface area contributed by atoms with Crippen molar-refractivity contribution in [3.8, 4) is 0 Å². The van der Waals surface area contributed by atoms with E-state index in [0.717, 1.165) is 11.1 Å². The molecule has 4 nitrogen and oxygen atoms in total. The smallest absolute Gasteiger partial charge is 0.315 e. The van der Waals surface area contributed by atoms with Crippen molar-refractivity contribution in [1.82, 2.24) is 15.6 Å². The summed E-state index contributed by atoms with van der Waals surface area (Å²) in [6, 6.07) is 2.41. The second kappa shape index (κ2) is 5.43. The van der Waals surface area contributed by atoms with Gasteiger partial charge >= 0.3 is 6.03 Å². The lowest BCUT2D eigenvalue weighted by molar-refractivity contribution is 0.235. The molecule has 2 fully saturated rings. The van der Waals surface area contributed by atoms with E-state index >= 15 is 0 Å². The van der Waals surface area contributed by atoms with Crippen molar-refractivity contribution >= 4 is 6.03 Å². The van der Waals surface area contributed by atoms with E-state index in [9.17, 15) is 4.79 Å². The molecular formula is C16H23N3O. The summed E-state index contributed by atoms with van der Waals surface area (Å²) in [5, 5.41) is 6.06. The number of nitrogens with zero attached hydrogens (tertiary/aromatic N) is 1. The fourth-order valence-corrected chi connectivity index (χ4v) is 3.47. The Balaban J connectivity index is 1.44. The Morgan fingerprint density at radius 3 is 2.90 bits per heavy atom. The van der Waals surface area contributed by atoms with Gasteiger partial charge in [0.2, 0.25) is 0 Å². The number of aryl methyl sites for hydroxylation is 1. The number of pyridine rings is 1. The van der Waals surface area contributed by atoms with E-state index in [1.54, 1.807) is 6.20 Å². The third-order valence-electron chi connectivity index (χ3n) is 4.73.